The van der Waals surface area contributed by atoms with E-state index < -0.39 is 0 Å². The zero-order chi connectivity index (χ0) is 23.8. The Bertz CT molecular complexity index is 1180. The van der Waals surface area contributed by atoms with Gasteiger partial charge in [-0.1, -0.05) is 66.7 Å². The lowest BCUT2D eigenvalue weighted by molar-refractivity contribution is -0.113. The first-order valence-corrected chi connectivity index (χ1v) is 13.2. The molecule has 0 bridgehead atoms. The molecule has 1 spiro atoms. The number of rotatable bonds is 4. The Morgan fingerprint density at radius 2 is 1.71 bits per heavy atom. The molecule has 1 aromatic heterocycles. The predicted molar refractivity (Wildman–Crippen MR) is 139 cm³/mol. The Morgan fingerprint density at radius 3 is 2.46 bits per heavy atom. The first-order chi connectivity index (χ1) is 17.2. The minimum absolute atomic E-state index is 0.00864. The fourth-order valence-electron chi connectivity index (χ4n) is 7.09. The van der Waals surface area contributed by atoms with Gasteiger partial charge < -0.3 is 4.79 Å². The van der Waals surface area contributed by atoms with Crippen molar-refractivity contribution in [2.24, 2.45) is 5.92 Å². The lowest BCUT2D eigenvalue weighted by Gasteiger charge is -2.45. The van der Waals surface area contributed by atoms with Crippen molar-refractivity contribution >= 4 is 6.29 Å². The Labute approximate surface area is 209 Å². The number of aromatic nitrogens is 1. The molecule has 4 atom stereocenters. The van der Waals surface area contributed by atoms with Gasteiger partial charge in [-0.15, -0.1) is 0 Å². The van der Waals surface area contributed by atoms with Crippen molar-refractivity contribution in [3.63, 3.8) is 0 Å². The van der Waals surface area contributed by atoms with E-state index in [9.17, 15) is 4.79 Å². The fourth-order valence-corrected chi connectivity index (χ4v) is 7.09. The third kappa shape index (κ3) is 4.03. The van der Waals surface area contributed by atoms with Gasteiger partial charge in [0.15, 0.2) is 0 Å². The summed E-state index contributed by atoms with van der Waals surface area (Å²) < 4.78 is 0. The molecule has 2 fully saturated rings. The standard InChI is InChI=1S/C31H35N3O/c1-23-14-15-28-29(32-23)13-8-17-31(28)22-33(20-27(31)21-35)34-18-16-26(24-9-4-2-5-10-24)19-30(34)25-11-6-3-7-12-25/h2-7,9-12,14-15,21,26-27,30H,8,13,16-20,22H2,1H3/t26-,27+,30+,31-/m1/s1. The molecule has 1 aliphatic carbocycles. The Balaban J connectivity index is 1.33. The van der Waals surface area contributed by atoms with Crippen molar-refractivity contribution in [1.29, 1.82) is 0 Å². The second-order valence-electron chi connectivity index (χ2n) is 10.8. The number of pyridine rings is 1. The van der Waals surface area contributed by atoms with Gasteiger partial charge in [-0.3, -0.25) is 4.98 Å². The topological polar surface area (TPSA) is 36.4 Å². The van der Waals surface area contributed by atoms with E-state index in [1.165, 1.54) is 28.7 Å². The number of benzene rings is 2. The molecular weight excluding hydrogens is 430 g/mol. The number of nitrogens with zero attached hydrogens (tertiary/aromatic N) is 3. The summed E-state index contributed by atoms with van der Waals surface area (Å²) in [7, 11) is 0. The first-order valence-electron chi connectivity index (χ1n) is 13.2. The molecule has 2 aromatic carbocycles. The van der Waals surface area contributed by atoms with Gasteiger partial charge in [0.1, 0.15) is 6.29 Å². The Kier molecular flexibility index (Phi) is 6.03. The maximum absolute atomic E-state index is 12.5. The molecule has 0 unspecified atom stereocenters. The third-order valence-corrected chi connectivity index (χ3v) is 8.83. The number of piperidine rings is 1. The average molecular weight is 466 g/mol. The van der Waals surface area contributed by atoms with Crippen LogP contribution in [-0.2, 0) is 16.6 Å². The van der Waals surface area contributed by atoms with Gasteiger partial charge in [-0.05, 0) is 67.7 Å². The molecule has 0 saturated carbocycles. The van der Waals surface area contributed by atoms with Gasteiger partial charge in [-0.25, -0.2) is 10.0 Å². The SMILES string of the molecule is Cc1ccc2c(n1)CCC[C@]21CN(N2CC[C@@H](c3ccccc3)C[C@H]2c2ccccc2)C[C@H]1C=O. The highest BCUT2D eigenvalue weighted by Gasteiger charge is 2.52. The van der Waals surface area contributed by atoms with Crippen LogP contribution in [0.3, 0.4) is 0 Å². The normalized spacial score (nSPS) is 29.2. The number of carbonyl (C=O) groups excluding carboxylic acids is 1. The number of fused-ring (bicyclic) bond motifs is 2. The van der Waals surface area contributed by atoms with Crippen LogP contribution >= 0.6 is 0 Å². The summed E-state index contributed by atoms with van der Waals surface area (Å²) in [6.45, 7) is 4.80. The van der Waals surface area contributed by atoms with Gasteiger partial charge in [0.05, 0.1) is 6.04 Å². The molecule has 180 valence electrons. The van der Waals surface area contributed by atoms with Crippen molar-refractivity contribution < 1.29 is 4.79 Å². The van der Waals surface area contributed by atoms with Gasteiger partial charge in [-0.2, -0.15) is 0 Å². The van der Waals surface area contributed by atoms with E-state index in [0.717, 1.165) is 57.4 Å². The van der Waals surface area contributed by atoms with Crippen molar-refractivity contribution in [3.8, 4) is 0 Å². The van der Waals surface area contributed by atoms with Crippen LogP contribution in [0.15, 0.2) is 72.8 Å². The summed E-state index contributed by atoms with van der Waals surface area (Å²) in [5.41, 5.74) is 6.31. The molecule has 0 radical (unpaired) electrons. The quantitative estimate of drug-likeness (QED) is 0.468. The van der Waals surface area contributed by atoms with Crippen molar-refractivity contribution in [2.75, 3.05) is 19.6 Å². The van der Waals surface area contributed by atoms with E-state index in [1.807, 2.05) is 0 Å². The molecule has 0 N–H and O–H groups in total. The van der Waals surface area contributed by atoms with Crippen molar-refractivity contribution in [2.45, 2.75) is 56.4 Å². The highest BCUT2D eigenvalue weighted by Crippen LogP contribution is 2.49. The summed E-state index contributed by atoms with van der Waals surface area (Å²) >= 11 is 0. The molecule has 6 rings (SSSR count). The van der Waals surface area contributed by atoms with Crippen LogP contribution in [0.1, 0.15) is 65.7 Å². The number of hydrogen-bond donors (Lipinski definition) is 0. The second kappa shape index (κ2) is 9.33. The van der Waals surface area contributed by atoms with Gasteiger partial charge in [0.25, 0.3) is 0 Å². The largest absolute Gasteiger partial charge is 0.303 e. The second-order valence-corrected chi connectivity index (χ2v) is 10.8. The Hall–Kier alpha value is -2.82. The molecule has 0 amide bonds. The number of carbonyl (C=O) groups is 1. The fraction of sp³-hybridized carbons (Fsp3) is 0.419. The average Bonchev–Trinajstić information content (AvgIpc) is 3.28. The van der Waals surface area contributed by atoms with Crippen LogP contribution < -0.4 is 0 Å². The highest BCUT2D eigenvalue weighted by atomic mass is 16.1. The maximum Gasteiger partial charge on any atom is 0.125 e. The van der Waals surface area contributed by atoms with Gasteiger partial charge in [0.2, 0.25) is 0 Å². The van der Waals surface area contributed by atoms with Crippen LogP contribution in [0.5, 0.6) is 0 Å². The maximum atomic E-state index is 12.5. The van der Waals surface area contributed by atoms with Crippen molar-refractivity contribution in [3.05, 3.63) is 101 Å². The zero-order valence-corrected chi connectivity index (χ0v) is 20.6. The van der Waals surface area contributed by atoms with E-state index >= 15 is 0 Å². The smallest absolute Gasteiger partial charge is 0.125 e. The number of aldehydes is 1. The van der Waals surface area contributed by atoms with E-state index in [-0.39, 0.29) is 11.3 Å². The molecule has 3 aromatic rings. The number of aryl methyl sites for hydroxylation is 2. The van der Waals surface area contributed by atoms with E-state index in [4.69, 9.17) is 4.98 Å². The van der Waals surface area contributed by atoms with Crippen molar-refractivity contribution in [1.82, 2.24) is 15.0 Å². The van der Waals surface area contributed by atoms with Gasteiger partial charge >= 0.3 is 0 Å². The summed E-state index contributed by atoms with van der Waals surface area (Å²) in [6.07, 6.45) is 6.68. The van der Waals surface area contributed by atoms with Crippen LogP contribution in [0.2, 0.25) is 0 Å². The number of hydrazine groups is 1. The van der Waals surface area contributed by atoms with Crippen LogP contribution in [0.25, 0.3) is 0 Å². The zero-order valence-electron chi connectivity index (χ0n) is 20.6. The van der Waals surface area contributed by atoms with Crippen LogP contribution in [-0.4, -0.2) is 40.9 Å². The highest BCUT2D eigenvalue weighted by molar-refractivity contribution is 5.60. The van der Waals surface area contributed by atoms with E-state index in [2.05, 4.69) is 89.7 Å². The van der Waals surface area contributed by atoms with Gasteiger partial charge in [0, 0.05) is 42.4 Å². The van der Waals surface area contributed by atoms with Crippen LogP contribution in [0.4, 0.5) is 0 Å². The molecule has 4 heteroatoms. The first kappa shape index (κ1) is 22.6. The lowest BCUT2D eigenvalue weighted by Crippen LogP contribution is -2.49. The molecular formula is C31H35N3O. The molecule has 2 saturated heterocycles. The summed E-state index contributed by atoms with van der Waals surface area (Å²) in [5.74, 6) is 0.563. The molecule has 2 aliphatic heterocycles. The minimum Gasteiger partial charge on any atom is -0.303 e. The Morgan fingerprint density at radius 1 is 0.971 bits per heavy atom. The summed E-state index contributed by atoms with van der Waals surface area (Å²) in [6, 6.07) is 26.7. The summed E-state index contributed by atoms with van der Waals surface area (Å²) in [5, 5.41) is 5.14. The van der Waals surface area contributed by atoms with E-state index in [1.54, 1.807) is 0 Å². The molecule has 35 heavy (non-hydrogen) atoms. The summed E-state index contributed by atoms with van der Waals surface area (Å²) in [4.78, 5) is 17.4. The molecule has 3 aliphatic rings. The molecule has 3 heterocycles. The minimum atomic E-state index is -0.118. The number of hydrogen-bond acceptors (Lipinski definition) is 4. The lowest BCUT2D eigenvalue weighted by atomic mass is 9.66. The predicted octanol–water partition coefficient (Wildman–Crippen LogP) is 5.63. The molecule has 4 nitrogen and oxygen atoms in total. The third-order valence-electron chi connectivity index (χ3n) is 8.83. The van der Waals surface area contributed by atoms with E-state index in [0.29, 0.717) is 12.0 Å². The monoisotopic (exact) mass is 465 g/mol. The van der Waals surface area contributed by atoms with Crippen LogP contribution in [0, 0.1) is 12.8 Å².